The number of rotatable bonds is 5. The highest BCUT2D eigenvalue weighted by Crippen LogP contribution is 2.23. The predicted molar refractivity (Wildman–Crippen MR) is 85.6 cm³/mol. The fourth-order valence-corrected chi connectivity index (χ4v) is 2.68. The summed E-state index contributed by atoms with van der Waals surface area (Å²) in [6.45, 7) is 8.86. The molecule has 0 spiro atoms. The van der Waals surface area contributed by atoms with Crippen molar-refractivity contribution in [2.24, 2.45) is 0 Å². The lowest BCUT2D eigenvalue weighted by Crippen LogP contribution is -2.13. The van der Waals surface area contributed by atoms with Crippen molar-refractivity contribution in [1.82, 2.24) is 4.57 Å². The first-order valence-electron chi connectivity index (χ1n) is 7.03. The highest BCUT2D eigenvalue weighted by molar-refractivity contribution is 6.30. The van der Waals surface area contributed by atoms with E-state index in [0.29, 0.717) is 10.8 Å². The van der Waals surface area contributed by atoms with Gasteiger partial charge >= 0.3 is 0 Å². The first-order valence-corrected chi connectivity index (χ1v) is 7.40. The molecule has 0 bridgehead atoms. The van der Waals surface area contributed by atoms with Crippen molar-refractivity contribution in [2.45, 2.75) is 34.2 Å². The zero-order valence-electron chi connectivity index (χ0n) is 12.9. The molecule has 1 aromatic carbocycles. The largest absolute Gasteiger partial charge is 0.485 e. The molecule has 0 aliphatic carbocycles. The highest BCUT2D eigenvalue weighted by Gasteiger charge is 2.15. The molecular formula is C17H20ClNO2. The van der Waals surface area contributed by atoms with E-state index in [-0.39, 0.29) is 12.4 Å². The van der Waals surface area contributed by atoms with Gasteiger partial charge in [-0.1, -0.05) is 17.7 Å². The third-order valence-electron chi connectivity index (χ3n) is 3.70. The van der Waals surface area contributed by atoms with E-state index in [4.69, 9.17) is 16.3 Å². The number of carbonyl (C=O) groups excluding carboxylic acids is 1. The van der Waals surface area contributed by atoms with E-state index in [1.54, 1.807) is 12.1 Å². The van der Waals surface area contributed by atoms with Crippen molar-refractivity contribution in [1.29, 1.82) is 0 Å². The second-order valence-corrected chi connectivity index (χ2v) is 5.59. The first kappa shape index (κ1) is 15.6. The summed E-state index contributed by atoms with van der Waals surface area (Å²) < 4.78 is 7.75. The Balaban J connectivity index is 2.14. The van der Waals surface area contributed by atoms with Gasteiger partial charge in [0, 0.05) is 28.5 Å². The van der Waals surface area contributed by atoms with Crippen LogP contribution < -0.4 is 4.74 Å². The van der Waals surface area contributed by atoms with Crippen molar-refractivity contribution in [3.05, 3.63) is 51.8 Å². The third kappa shape index (κ3) is 3.30. The lowest BCUT2D eigenvalue weighted by atomic mass is 10.1. The van der Waals surface area contributed by atoms with Gasteiger partial charge in [-0.2, -0.15) is 0 Å². The van der Waals surface area contributed by atoms with E-state index in [1.165, 1.54) is 0 Å². The van der Waals surface area contributed by atoms with Crippen LogP contribution in [0.15, 0.2) is 24.3 Å². The normalized spacial score (nSPS) is 10.7. The SMILES string of the molecule is CCn1c(C)cc(C(=O)COc2cc(Cl)ccc2C)c1C. The van der Waals surface area contributed by atoms with Gasteiger partial charge in [0.2, 0.25) is 5.78 Å². The maximum absolute atomic E-state index is 12.3. The second-order valence-electron chi connectivity index (χ2n) is 5.15. The number of hydrogen-bond acceptors (Lipinski definition) is 2. The molecule has 21 heavy (non-hydrogen) atoms. The van der Waals surface area contributed by atoms with E-state index in [0.717, 1.165) is 29.1 Å². The highest BCUT2D eigenvalue weighted by atomic mass is 35.5. The molecule has 2 rings (SSSR count). The van der Waals surface area contributed by atoms with Crippen LogP contribution in [0.2, 0.25) is 5.02 Å². The molecule has 112 valence electrons. The Morgan fingerprint density at radius 2 is 1.95 bits per heavy atom. The van der Waals surface area contributed by atoms with Crippen LogP contribution in [-0.4, -0.2) is 17.0 Å². The van der Waals surface area contributed by atoms with Gasteiger partial charge in [-0.15, -0.1) is 0 Å². The van der Waals surface area contributed by atoms with Crippen molar-refractivity contribution in [3.63, 3.8) is 0 Å². The summed E-state index contributed by atoms with van der Waals surface area (Å²) in [4.78, 5) is 12.3. The Hall–Kier alpha value is -1.74. The zero-order chi connectivity index (χ0) is 15.6. The molecule has 0 unspecified atom stereocenters. The summed E-state index contributed by atoms with van der Waals surface area (Å²) in [5.41, 5.74) is 3.78. The molecule has 0 N–H and O–H groups in total. The van der Waals surface area contributed by atoms with Crippen LogP contribution in [-0.2, 0) is 6.54 Å². The summed E-state index contributed by atoms with van der Waals surface area (Å²) in [5.74, 6) is 0.641. The molecular weight excluding hydrogens is 286 g/mol. The number of halogens is 1. The number of ketones is 1. The number of aryl methyl sites for hydroxylation is 2. The molecule has 0 fully saturated rings. The predicted octanol–water partition coefficient (Wildman–Crippen LogP) is 4.35. The van der Waals surface area contributed by atoms with Gasteiger partial charge in [-0.05, 0) is 51.5 Å². The minimum Gasteiger partial charge on any atom is -0.485 e. The van der Waals surface area contributed by atoms with E-state index >= 15 is 0 Å². The summed E-state index contributed by atoms with van der Waals surface area (Å²) >= 11 is 5.95. The van der Waals surface area contributed by atoms with E-state index in [1.807, 2.05) is 32.9 Å². The molecule has 0 atom stereocenters. The van der Waals surface area contributed by atoms with Gasteiger partial charge in [0.05, 0.1) is 0 Å². The molecule has 0 aliphatic heterocycles. The number of ether oxygens (including phenoxy) is 1. The van der Waals surface area contributed by atoms with Crippen molar-refractivity contribution < 1.29 is 9.53 Å². The fourth-order valence-electron chi connectivity index (χ4n) is 2.52. The summed E-state index contributed by atoms with van der Waals surface area (Å²) in [6, 6.07) is 7.35. The summed E-state index contributed by atoms with van der Waals surface area (Å²) in [6.07, 6.45) is 0. The van der Waals surface area contributed by atoms with Gasteiger partial charge < -0.3 is 9.30 Å². The molecule has 2 aromatic rings. The standard InChI is InChI=1S/C17H20ClNO2/c1-5-19-12(3)8-15(13(19)4)16(20)10-21-17-9-14(18)7-6-11(17)2/h6-9H,5,10H2,1-4H3. The van der Waals surface area contributed by atoms with Crippen molar-refractivity contribution >= 4 is 17.4 Å². The Bertz CT molecular complexity index is 674. The van der Waals surface area contributed by atoms with Crippen molar-refractivity contribution in [3.8, 4) is 5.75 Å². The molecule has 3 nitrogen and oxygen atoms in total. The third-order valence-corrected chi connectivity index (χ3v) is 3.93. The monoisotopic (exact) mass is 305 g/mol. The molecule has 0 radical (unpaired) electrons. The number of carbonyl (C=O) groups is 1. The maximum atomic E-state index is 12.3. The average molecular weight is 306 g/mol. The molecule has 0 saturated carbocycles. The zero-order valence-corrected chi connectivity index (χ0v) is 13.6. The molecule has 1 aromatic heterocycles. The molecule has 0 saturated heterocycles. The van der Waals surface area contributed by atoms with E-state index in [9.17, 15) is 4.79 Å². The van der Waals surface area contributed by atoms with Crippen molar-refractivity contribution in [2.75, 3.05) is 6.61 Å². The number of nitrogens with zero attached hydrogens (tertiary/aromatic N) is 1. The number of aromatic nitrogens is 1. The van der Waals surface area contributed by atoms with Crippen LogP contribution in [0.4, 0.5) is 0 Å². The fraction of sp³-hybridized carbons (Fsp3) is 0.353. The van der Waals surface area contributed by atoms with Crippen LogP contribution >= 0.6 is 11.6 Å². The van der Waals surface area contributed by atoms with Gasteiger partial charge in [-0.3, -0.25) is 4.79 Å². The van der Waals surface area contributed by atoms with Crippen LogP contribution in [0.25, 0.3) is 0 Å². The smallest absolute Gasteiger partial charge is 0.202 e. The topological polar surface area (TPSA) is 31.2 Å². The first-order chi connectivity index (χ1) is 9.93. The average Bonchev–Trinajstić information content (AvgIpc) is 2.74. The molecule has 4 heteroatoms. The number of benzene rings is 1. The lowest BCUT2D eigenvalue weighted by Gasteiger charge is -2.09. The Labute approximate surface area is 130 Å². The molecule has 1 heterocycles. The van der Waals surface area contributed by atoms with E-state index < -0.39 is 0 Å². The molecule has 0 aliphatic rings. The minimum absolute atomic E-state index is 0.0119. The van der Waals surface area contributed by atoms with Gasteiger partial charge in [0.1, 0.15) is 5.75 Å². The quantitative estimate of drug-likeness (QED) is 0.769. The van der Waals surface area contributed by atoms with E-state index in [2.05, 4.69) is 11.5 Å². The Kier molecular flexibility index (Phi) is 4.73. The van der Waals surface area contributed by atoms with Gasteiger partial charge in [0.15, 0.2) is 6.61 Å². The number of Topliss-reactive ketones (excluding diaryl/α,β-unsaturated/α-hetero) is 1. The number of hydrogen-bond donors (Lipinski definition) is 0. The van der Waals surface area contributed by atoms with Crippen LogP contribution in [0.5, 0.6) is 5.75 Å². The summed E-state index contributed by atoms with van der Waals surface area (Å²) in [5, 5.41) is 0.604. The minimum atomic E-state index is -0.0119. The Morgan fingerprint density at radius 3 is 2.57 bits per heavy atom. The molecule has 0 amide bonds. The van der Waals surface area contributed by atoms with Crippen LogP contribution in [0.1, 0.15) is 34.2 Å². The van der Waals surface area contributed by atoms with Crippen LogP contribution in [0.3, 0.4) is 0 Å². The van der Waals surface area contributed by atoms with Crippen LogP contribution in [0, 0.1) is 20.8 Å². The Morgan fingerprint density at radius 1 is 1.24 bits per heavy atom. The second kappa shape index (κ2) is 6.35. The maximum Gasteiger partial charge on any atom is 0.202 e. The van der Waals surface area contributed by atoms with Gasteiger partial charge in [-0.25, -0.2) is 0 Å². The van der Waals surface area contributed by atoms with Gasteiger partial charge in [0.25, 0.3) is 0 Å². The lowest BCUT2D eigenvalue weighted by molar-refractivity contribution is 0.0920. The summed E-state index contributed by atoms with van der Waals surface area (Å²) in [7, 11) is 0.